The molecule has 150 valence electrons. The first-order valence-electron chi connectivity index (χ1n) is 9.53. The number of anilines is 2. The van der Waals surface area contributed by atoms with Gasteiger partial charge in [-0.05, 0) is 48.3 Å². The van der Waals surface area contributed by atoms with E-state index < -0.39 is 0 Å². The second kappa shape index (κ2) is 9.67. The summed E-state index contributed by atoms with van der Waals surface area (Å²) in [4.78, 5) is 13.4. The molecular weight excluding hydrogens is 400 g/mol. The first kappa shape index (κ1) is 21.0. The van der Waals surface area contributed by atoms with Gasteiger partial charge in [0.05, 0.1) is 12.2 Å². The normalized spacial score (nSPS) is 10.6. The molecule has 29 heavy (non-hydrogen) atoms. The van der Waals surface area contributed by atoms with E-state index in [4.69, 9.17) is 17.0 Å². The third-order valence-electron chi connectivity index (χ3n) is 4.34. The first-order valence-corrected chi connectivity index (χ1v) is 10.7. The summed E-state index contributed by atoms with van der Waals surface area (Å²) in [7, 11) is 0. The number of thiophene rings is 1. The minimum atomic E-state index is -0.362. The maximum absolute atomic E-state index is 12.5. The summed E-state index contributed by atoms with van der Waals surface area (Å²) < 4.78 is 5.23. The molecule has 1 aromatic heterocycles. The van der Waals surface area contributed by atoms with Gasteiger partial charge in [-0.1, -0.05) is 62.4 Å². The van der Waals surface area contributed by atoms with Crippen LogP contribution in [0.25, 0.3) is 10.4 Å². The van der Waals surface area contributed by atoms with Crippen molar-refractivity contribution in [2.75, 3.05) is 17.2 Å². The van der Waals surface area contributed by atoms with E-state index in [1.165, 1.54) is 16.9 Å². The molecule has 0 unspecified atom stereocenters. The first-order chi connectivity index (χ1) is 14.0. The molecule has 0 aliphatic heterocycles. The fourth-order valence-corrected chi connectivity index (χ4v) is 4.29. The Morgan fingerprint density at radius 1 is 1.07 bits per heavy atom. The third kappa shape index (κ3) is 5.22. The second-order valence-electron chi connectivity index (χ2n) is 6.76. The molecule has 0 radical (unpaired) electrons. The van der Waals surface area contributed by atoms with Crippen molar-refractivity contribution in [3.05, 3.63) is 71.8 Å². The summed E-state index contributed by atoms with van der Waals surface area (Å²) in [5.74, 6) is 0.00169. The zero-order valence-electron chi connectivity index (χ0n) is 16.7. The Bertz CT molecular complexity index is 997. The van der Waals surface area contributed by atoms with Crippen molar-refractivity contribution in [3.63, 3.8) is 0 Å². The SMILES string of the molecule is CCOC(=O)c1cc(-c2ccccc2)sc1NC(=S)Nc1ccccc1C(C)C. The van der Waals surface area contributed by atoms with Gasteiger partial charge in [-0.2, -0.15) is 0 Å². The molecule has 6 heteroatoms. The Morgan fingerprint density at radius 3 is 2.45 bits per heavy atom. The number of ether oxygens (including phenoxy) is 1. The number of rotatable bonds is 6. The molecule has 0 aliphatic carbocycles. The van der Waals surface area contributed by atoms with Gasteiger partial charge in [-0.3, -0.25) is 0 Å². The molecule has 3 aromatic rings. The van der Waals surface area contributed by atoms with Gasteiger partial charge in [0.1, 0.15) is 5.00 Å². The van der Waals surface area contributed by atoms with Gasteiger partial charge >= 0.3 is 5.97 Å². The van der Waals surface area contributed by atoms with Crippen LogP contribution in [0, 0.1) is 0 Å². The molecule has 0 amide bonds. The minimum Gasteiger partial charge on any atom is -0.462 e. The van der Waals surface area contributed by atoms with Crippen LogP contribution in [0.5, 0.6) is 0 Å². The monoisotopic (exact) mass is 424 g/mol. The molecular formula is C23H24N2O2S2. The van der Waals surface area contributed by atoms with E-state index >= 15 is 0 Å². The van der Waals surface area contributed by atoms with Crippen molar-refractivity contribution in [1.82, 2.24) is 0 Å². The molecule has 0 bridgehead atoms. The van der Waals surface area contributed by atoms with E-state index in [1.807, 2.05) is 54.6 Å². The van der Waals surface area contributed by atoms with Gasteiger partial charge in [0.2, 0.25) is 0 Å². The fourth-order valence-electron chi connectivity index (χ4n) is 2.96. The third-order valence-corrected chi connectivity index (χ3v) is 5.65. The number of carbonyl (C=O) groups excluding carboxylic acids is 1. The molecule has 2 aromatic carbocycles. The summed E-state index contributed by atoms with van der Waals surface area (Å²) in [6.07, 6.45) is 0. The molecule has 0 saturated carbocycles. The van der Waals surface area contributed by atoms with Crippen molar-refractivity contribution in [1.29, 1.82) is 0 Å². The van der Waals surface area contributed by atoms with Gasteiger partial charge in [-0.25, -0.2) is 4.79 Å². The number of nitrogens with one attached hydrogen (secondary N) is 2. The maximum Gasteiger partial charge on any atom is 0.341 e. The lowest BCUT2D eigenvalue weighted by molar-refractivity contribution is 0.0528. The maximum atomic E-state index is 12.5. The number of carbonyl (C=O) groups is 1. The molecule has 1 heterocycles. The van der Waals surface area contributed by atoms with Gasteiger partial charge in [0.15, 0.2) is 5.11 Å². The average molecular weight is 425 g/mol. The van der Waals surface area contributed by atoms with Crippen LogP contribution in [0.3, 0.4) is 0 Å². The van der Waals surface area contributed by atoms with E-state index in [-0.39, 0.29) is 5.97 Å². The van der Waals surface area contributed by atoms with Crippen molar-refractivity contribution < 1.29 is 9.53 Å². The van der Waals surface area contributed by atoms with Crippen molar-refractivity contribution in [2.24, 2.45) is 0 Å². The fraction of sp³-hybridized carbons (Fsp3) is 0.217. The molecule has 0 aliphatic rings. The van der Waals surface area contributed by atoms with Gasteiger partial charge in [0.25, 0.3) is 0 Å². The average Bonchev–Trinajstić information content (AvgIpc) is 3.13. The molecule has 0 fully saturated rings. The van der Waals surface area contributed by atoms with Crippen LogP contribution in [0.4, 0.5) is 10.7 Å². The van der Waals surface area contributed by atoms with Gasteiger partial charge in [0, 0.05) is 10.6 Å². The minimum absolute atomic E-state index is 0.319. The van der Waals surface area contributed by atoms with Crippen LogP contribution < -0.4 is 10.6 Å². The second-order valence-corrected chi connectivity index (χ2v) is 8.22. The van der Waals surface area contributed by atoms with Gasteiger partial charge < -0.3 is 15.4 Å². The number of hydrogen-bond donors (Lipinski definition) is 2. The van der Waals surface area contributed by atoms with E-state index in [0.29, 0.717) is 28.2 Å². The predicted octanol–water partition coefficient (Wildman–Crippen LogP) is 6.52. The zero-order valence-corrected chi connectivity index (χ0v) is 18.3. The highest BCUT2D eigenvalue weighted by Crippen LogP contribution is 2.36. The predicted molar refractivity (Wildman–Crippen MR) is 126 cm³/mol. The zero-order chi connectivity index (χ0) is 20.8. The van der Waals surface area contributed by atoms with Gasteiger partial charge in [-0.15, -0.1) is 11.3 Å². The van der Waals surface area contributed by atoms with E-state index in [1.54, 1.807) is 6.92 Å². The topological polar surface area (TPSA) is 50.4 Å². The number of thiocarbonyl (C=S) groups is 1. The Kier molecular flexibility index (Phi) is 7.01. The van der Waals surface area contributed by atoms with Crippen LogP contribution in [0.2, 0.25) is 0 Å². The molecule has 0 atom stereocenters. The van der Waals surface area contributed by atoms with Crippen molar-refractivity contribution in [3.8, 4) is 10.4 Å². The van der Waals surface area contributed by atoms with E-state index in [0.717, 1.165) is 16.1 Å². The number of esters is 1. The van der Waals surface area contributed by atoms with Crippen LogP contribution >= 0.6 is 23.6 Å². The van der Waals surface area contributed by atoms with Crippen LogP contribution in [0.1, 0.15) is 42.6 Å². The summed E-state index contributed by atoms with van der Waals surface area (Å²) in [6.45, 7) is 6.40. The Balaban J connectivity index is 1.86. The highest BCUT2D eigenvalue weighted by Gasteiger charge is 2.19. The van der Waals surface area contributed by atoms with E-state index in [9.17, 15) is 4.79 Å². The molecule has 4 nitrogen and oxygen atoms in total. The molecule has 0 spiro atoms. The smallest absolute Gasteiger partial charge is 0.341 e. The lowest BCUT2D eigenvalue weighted by Crippen LogP contribution is -2.21. The van der Waals surface area contributed by atoms with E-state index in [2.05, 4.69) is 30.5 Å². The standard InChI is InChI=1S/C23H24N2O2S2/c1-4-27-22(26)18-14-20(16-10-6-5-7-11-16)29-21(18)25-23(28)24-19-13-9-8-12-17(19)15(2)3/h5-15H,4H2,1-3H3,(H2,24,25,28). The Hall–Kier alpha value is -2.70. The number of benzene rings is 2. The summed E-state index contributed by atoms with van der Waals surface area (Å²) in [6, 6.07) is 19.9. The van der Waals surface area contributed by atoms with Crippen molar-refractivity contribution >= 4 is 45.3 Å². The Morgan fingerprint density at radius 2 is 1.76 bits per heavy atom. The lowest BCUT2D eigenvalue weighted by atomic mass is 10.0. The highest BCUT2D eigenvalue weighted by atomic mass is 32.1. The quantitative estimate of drug-likeness (QED) is 0.348. The van der Waals surface area contributed by atoms with Crippen LogP contribution in [0.15, 0.2) is 60.7 Å². The Labute approximate surface area is 180 Å². The van der Waals surface area contributed by atoms with Crippen LogP contribution in [-0.4, -0.2) is 17.7 Å². The van der Waals surface area contributed by atoms with Crippen molar-refractivity contribution in [2.45, 2.75) is 26.7 Å². The molecule has 2 N–H and O–H groups in total. The largest absolute Gasteiger partial charge is 0.462 e. The molecule has 0 saturated heterocycles. The summed E-state index contributed by atoms with van der Waals surface area (Å²) in [5, 5.41) is 7.56. The highest BCUT2D eigenvalue weighted by molar-refractivity contribution is 7.80. The number of para-hydroxylation sites is 1. The summed E-state index contributed by atoms with van der Waals surface area (Å²) >= 11 is 7.01. The van der Waals surface area contributed by atoms with Crippen LogP contribution in [-0.2, 0) is 4.74 Å². The molecule has 3 rings (SSSR count). The number of hydrogen-bond acceptors (Lipinski definition) is 4. The summed E-state index contributed by atoms with van der Waals surface area (Å²) in [5.41, 5.74) is 3.66. The lowest BCUT2D eigenvalue weighted by Gasteiger charge is -2.16.